The Kier molecular flexibility index (Phi) is 6.31. The summed E-state index contributed by atoms with van der Waals surface area (Å²) in [5, 5.41) is 3.44. The molecule has 4 heteroatoms. The fraction of sp³-hybridized carbons (Fsp3) is 0.733. The number of rotatable bonds is 8. The van der Waals surface area contributed by atoms with Crippen LogP contribution in [0.15, 0.2) is 12.1 Å². The first-order chi connectivity index (χ1) is 9.24. The summed E-state index contributed by atoms with van der Waals surface area (Å²) in [6.07, 6.45) is 2.72. The molecule has 0 amide bonds. The van der Waals surface area contributed by atoms with Gasteiger partial charge in [-0.15, -0.1) is 11.3 Å². The van der Waals surface area contributed by atoms with Gasteiger partial charge in [0.1, 0.15) is 0 Å². The second-order valence-corrected chi connectivity index (χ2v) is 6.76. The van der Waals surface area contributed by atoms with Gasteiger partial charge in [-0.1, -0.05) is 13.8 Å². The maximum atomic E-state index is 5.77. The van der Waals surface area contributed by atoms with E-state index in [4.69, 9.17) is 4.74 Å². The van der Waals surface area contributed by atoms with Crippen molar-refractivity contribution in [2.24, 2.45) is 0 Å². The summed E-state index contributed by atoms with van der Waals surface area (Å²) in [4.78, 5) is 5.22. The fourth-order valence-electron chi connectivity index (χ4n) is 2.27. The molecule has 0 aliphatic carbocycles. The summed E-state index contributed by atoms with van der Waals surface area (Å²) in [5.74, 6) is 0. The minimum Gasteiger partial charge on any atom is -0.375 e. The smallest absolute Gasteiger partial charge is 0.0810 e. The van der Waals surface area contributed by atoms with Crippen molar-refractivity contribution in [3.63, 3.8) is 0 Å². The van der Waals surface area contributed by atoms with Crippen LogP contribution in [0.2, 0.25) is 0 Å². The Morgan fingerprint density at radius 1 is 1.26 bits per heavy atom. The molecule has 1 aliphatic rings. The molecule has 1 fully saturated rings. The third-order valence-corrected chi connectivity index (χ3v) is 4.46. The van der Waals surface area contributed by atoms with Crippen LogP contribution in [0.5, 0.6) is 0 Å². The van der Waals surface area contributed by atoms with Crippen LogP contribution in [0.1, 0.15) is 36.4 Å². The van der Waals surface area contributed by atoms with Crippen molar-refractivity contribution in [1.29, 1.82) is 0 Å². The highest BCUT2D eigenvalue weighted by Crippen LogP contribution is 2.17. The zero-order valence-corrected chi connectivity index (χ0v) is 13.0. The first-order valence-electron chi connectivity index (χ1n) is 7.35. The van der Waals surface area contributed by atoms with E-state index in [2.05, 4.69) is 36.2 Å². The molecule has 1 aliphatic heterocycles. The summed E-state index contributed by atoms with van der Waals surface area (Å²) in [7, 11) is 0. The lowest BCUT2D eigenvalue weighted by Gasteiger charge is -2.13. The molecule has 2 heterocycles. The summed E-state index contributed by atoms with van der Waals surface area (Å²) in [6, 6.07) is 4.94. The number of hydrogen-bond donors (Lipinski definition) is 1. The van der Waals surface area contributed by atoms with Gasteiger partial charge in [-0.05, 0) is 38.1 Å². The van der Waals surface area contributed by atoms with Gasteiger partial charge in [-0.2, -0.15) is 0 Å². The van der Waals surface area contributed by atoms with E-state index in [1.165, 1.54) is 35.7 Å². The summed E-state index contributed by atoms with van der Waals surface area (Å²) in [6.45, 7) is 10.5. The molecule has 0 radical (unpaired) electrons. The molecule has 0 atom stereocenters. The van der Waals surface area contributed by atoms with Crippen LogP contribution < -0.4 is 5.32 Å². The Labute approximate surface area is 121 Å². The fourth-order valence-corrected chi connectivity index (χ4v) is 3.18. The van der Waals surface area contributed by atoms with E-state index in [0.717, 1.165) is 26.3 Å². The molecule has 108 valence electrons. The van der Waals surface area contributed by atoms with Crippen LogP contribution in [-0.2, 0) is 17.9 Å². The molecule has 1 N–H and O–H groups in total. The normalized spacial score (nSPS) is 16.6. The van der Waals surface area contributed by atoms with E-state index >= 15 is 0 Å². The topological polar surface area (TPSA) is 24.5 Å². The van der Waals surface area contributed by atoms with Gasteiger partial charge in [0.05, 0.1) is 13.2 Å². The van der Waals surface area contributed by atoms with E-state index in [1.807, 2.05) is 11.3 Å². The predicted molar refractivity (Wildman–Crippen MR) is 81.6 cm³/mol. The number of thiophene rings is 1. The monoisotopic (exact) mass is 282 g/mol. The van der Waals surface area contributed by atoms with Gasteiger partial charge in [0, 0.05) is 28.9 Å². The molecular formula is C15H26N2OS. The van der Waals surface area contributed by atoms with Crippen LogP contribution in [0.25, 0.3) is 0 Å². The van der Waals surface area contributed by atoms with Crippen molar-refractivity contribution in [1.82, 2.24) is 10.2 Å². The van der Waals surface area contributed by atoms with Gasteiger partial charge in [-0.25, -0.2) is 0 Å². The second-order valence-electron chi connectivity index (χ2n) is 5.50. The van der Waals surface area contributed by atoms with Gasteiger partial charge in [0.2, 0.25) is 0 Å². The van der Waals surface area contributed by atoms with E-state index < -0.39 is 0 Å². The molecule has 1 saturated heterocycles. The molecule has 1 aromatic rings. The third-order valence-electron chi connectivity index (χ3n) is 3.40. The average Bonchev–Trinajstić information content (AvgIpc) is 3.04. The van der Waals surface area contributed by atoms with Crippen LogP contribution >= 0.6 is 11.3 Å². The lowest BCUT2D eigenvalue weighted by Crippen LogP contribution is -2.23. The molecule has 2 rings (SSSR count). The molecule has 0 spiro atoms. The highest BCUT2D eigenvalue weighted by molar-refractivity contribution is 7.11. The Hall–Kier alpha value is -0.420. The van der Waals surface area contributed by atoms with Crippen LogP contribution in [0.4, 0.5) is 0 Å². The van der Waals surface area contributed by atoms with Gasteiger partial charge >= 0.3 is 0 Å². The first-order valence-corrected chi connectivity index (χ1v) is 8.17. The Morgan fingerprint density at radius 2 is 2.00 bits per heavy atom. The Bertz CT molecular complexity index is 359. The first kappa shape index (κ1) is 15.0. The maximum absolute atomic E-state index is 5.77. The van der Waals surface area contributed by atoms with Crippen molar-refractivity contribution in [3.8, 4) is 0 Å². The number of nitrogens with one attached hydrogen (secondary N) is 1. The number of nitrogens with zero attached hydrogens (tertiary/aromatic N) is 1. The molecule has 1 aromatic heterocycles. The van der Waals surface area contributed by atoms with Gasteiger partial charge in [0.25, 0.3) is 0 Å². The molecule has 0 aromatic carbocycles. The summed E-state index contributed by atoms with van der Waals surface area (Å²) >= 11 is 1.86. The second kappa shape index (κ2) is 8.00. The molecule has 3 nitrogen and oxygen atoms in total. The molecular weight excluding hydrogens is 256 g/mol. The Morgan fingerprint density at radius 3 is 2.74 bits per heavy atom. The molecule has 0 unspecified atom stereocenters. The van der Waals surface area contributed by atoms with Crippen LogP contribution in [0, 0.1) is 0 Å². The highest BCUT2D eigenvalue weighted by atomic mass is 32.1. The predicted octanol–water partition coefficient (Wildman–Crippen LogP) is 2.86. The number of ether oxygens (including phenoxy) is 1. The number of hydrogen-bond acceptors (Lipinski definition) is 4. The van der Waals surface area contributed by atoms with Gasteiger partial charge in [0.15, 0.2) is 0 Å². The number of likely N-dealkylation sites (tertiary alicyclic amines) is 1. The standard InChI is InChI=1S/C15H26N2OS/c1-13(2)16-11-14-5-6-15(19-14)12-18-10-9-17-7-3-4-8-17/h5-6,13,16H,3-4,7-12H2,1-2H3. The van der Waals surface area contributed by atoms with Crippen molar-refractivity contribution in [3.05, 3.63) is 21.9 Å². The van der Waals surface area contributed by atoms with E-state index in [0.29, 0.717) is 6.04 Å². The highest BCUT2D eigenvalue weighted by Gasteiger charge is 2.10. The zero-order chi connectivity index (χ0) is 13.5. The molecule has 0 bridgehead atoms. The van der Waals surface area contributed by atoms with Crippen LogP contribution in [-0.4, -0.2) is 37.2 Å². The van der Waals surface area contributed by atoms with Crippen molar-refractivity contribution in [2.45, 2.75) is 45.9 Å². The molecule has 0 saturated carbocycles. The SMILES string of the molecule is CC(C)NCc1ccc(COCCN2CCCC2)s1. The third kappa shape index (κ3) is 5.61. The maximum Gasteiger partial charge on any atom is 0.0810 e. The van der Waals surface area contributed by atoms with E-state index in [9.17, 15) is 0 Å². The van der Waals surface area contributed by atoms with Crippen molar-refractivity contribution < 1.29 is 4.74 Å². The summed E-state index contributed by atoms with van der Waals surface area (Å²) in [5.41, 5.74) is 0. The lowest BCUT2D eigenvalue weighted by atomic mass is 10.3. The van der Waals surface area contributed by atoms with Gasteiger partial charge < -0.3 is 15.0 Å². The molecule has 19 heavy (non-hydrogen) atoms. The van der Waals surface area contributed by atoms with Crippen LogP contribution in [0.3, 0.4) is 0 Å². The van der Waals surface area contributed by atoms with E-state index in [1.54, 1.807) is 0 Å². The van der Waals surface area contributed by atoms with Crippen molar-refractivity contribution >= 4 is 11.3 Å². The Balaban J connectivity index is 1.60. The zero-order valence-electron chi connectivity index (χ0n) is 12.2. The van der Waals surface area contributed by atoms with Gasteiger partial charge in [-0.3, -0.25) is 0 Å². The minimum absolute atomic E-state index is 0.544. The minimum atomic E-state index is 0.544. The van der Waals surface area contributed by atoms with E-state index in [-0.39, 0.29) is 0 Å². The quantitative estimate of drug-likeness (QED) is 0.742. The largest absolute Gasteiger partial charge is 0.375 e. The summed E-state index contributed by atoms with van der Waals surface area (Å²) < 4.78 is 5.77. The lowest BCUT2D eigenvalue weighted by molar-refractivity contribution is 0.101. The van der Waals surface area contributed by atoms with Crippen molar-refractivity contribution in [2.75, 3.05) is 26.2 Å². The average molecular weight is 282 g/mol.